The molecule has 2 N–H and O–H groups in total. The lowest BCUT2D eigenvalue weighted by Crippen LogP contribution is -2.20. The first-order valence-electron chi connectivity index (χ1n) is 5.75. The summed E-state index contributed by atoms with van der Waals surface area (Å²) in [5.41, 5.74) is 1.36. The number of hydrogen-bond acceptors (Lipinski definition) is 1. The molecule has 2 rings (SSSR count). The summed E-state index contributed by atoms with van der Waals surface area (Å²) < 4.78 is 26.8. The Hall–Kier alpha value is -1.72. The normalized spacial score (nSPS) is 10.2. The molecule has 0 aliphatic rings. The van der Waals surface area contributed by atoms with Crippen LogP contribution in [0.2, 0.25) is 5.02 Å². The maximum absolute atomic E-state index is 13.7. The predicted molar refractivity (Wildman–Crippen MR) is 82.4 cm³/mol. The van der Waals surface area contributed by atoms with E-state index in [0.29, 0.717) is 10.7 Å². The van der Waals surface area contributed by atoms with E-state index in [2.05, 4.69) is 10.6 Å². The zero-order valence-corrected chi connectivity index (χ0v) is 12.1. The smallest absolute Gasteiger partial charge is 0.175 e. The highest BCUT2D eigenvalue weighted by atomic mass is 35.5. The van der Waals surface area contributed by atoms with Gasteiger partial charge in [0.1, 0.15) is 11.6 Å². The average Bonchev–Trinajstić information content (AvgIpc) is 2.37. The van der Waals surface area contributed by atoms with Gasteiger partial charge >= 0.3 is 0 Å². The number of hydrogen-bond donors (Lipinski definition) is 2. The van der Waals surface area contributed by atoms with Gasteiger partial charge in [0.25, 0.3) is 0 Å². The number of halogens is 3. The number of anilines is 2. The second-order valence-electron chi connectivity index (χ2n) is 4.19. The van der Waals surface area contributed by atoms with E-state index in [9.17, 15) is 8.78 Å². The molecule has 0 saturated heterocycles. The van der Waals surface area contributed by atoms with Gasteiger partial charge in [-0.1, -0.05) is 17.7 Å². The van der Waals surface area contributed by atoms with E-state index >= 15 is 0 Å². The summed E-state index contributed by atoms with van der Waals surface area (Å²) in [6.07, 6.45) is 0. The van der Waals surface area contributed by atoms with Crippen LogP contribution in [0.3, 0.4) is 0 Å². The van der Waals surface area contributed by atoms with Crippen LogP contribution >= 0.6 is 23.8 Å². The van der Waals surface area contributed by atoms with E-state index in [4.69, 9.17) is 23.8 Å². The van der Waals surface area contributed by atoms with Gasteiger partial charge in [-0.25, -0.2) is 8.78 Å². The van der Waals surface area contributed by atoms with Crippen molar-refractivity contribution in [2.24, 2.45) is 0 Å². The first-order chi connectivity index (χ1) is 9.45. The molecule has 104 valence electrons. The average molecular weight is 313 g/mol. The summed E-state index contributed by atoms with van der Waals surface area (Å²) in [5, 5.41) is 5.86. The van der Waals surface area contributed by atoms with Gasteiger partial charge in [0, 0.05) is 0 Å². The Morgan fingerprint density at radius 1 is 1.05 bits per heavy atom. The third-order valence-electron chi connectivity index (χ3n) is 2.55. The zero-order chi connectivity index (χ0) is 14.7. The minimum absolute atomic E-state index is 0.125. The summed E-state index contributed by atoms with van der Waals surface area (Å²) >= 11 is 10.9. The molecular formula is C14H11ClF2N2S. The maximum Gasteiger partial charge on any atom is 0.175 e. The van der Waals surface area contributed by atoms with Crippen LogP contribution in [-0.2, 0) is 0 Å². The molecule has 0 heterocycles. The Morgan fingerprint density at radius 3 is 2.45 bits per heavy atom. The molecule has 20 heavy (non-hydrogen) atoms. The Morgan fingerprint density at radius 2 is 1.75 bits per heavy atom. The van der Waals surface area contributed by atoms with Gasteiger partial charge in [0.15, 0.2) is 5.11 Å². The molecule has 0 aliphatic heterocycles. The standard InChI is InChI=1S/C14H11ClF2N2S/c1-8-2-5-12(11(17)6-8)18-14(20)19-13-7-9(16)3-4-10(13)15/h2-7H,1H3,(H2,18,19,20). The third kappa shape index (κ3) is 3.65. The Kier molecular flexibility index (Phi) is 4.52. The molecule has 0 aliphatic carbocycles. The fraction of sp³-hybridized carbons (Fsp3) is 0.0714. The first-order valence-corrected chi connectivity index (χ1v) is 6.53. The van der Waals surface area contributed by atoms with Gasteiger partial charge in [-0.15, -0.1) is 0 Å². The molecule has 0 atom stereocenters. The maximum atomic E-state index is 13.7. The van der Waals surface area contributed by atoms with Crippen molar-refractivity contribution in [3.8, 4) is 0 Å². The number of benzene rings is 2. The molecule has 0 spiro atoms. The van der Waals surface area contributed by atoms with E-state index in [0.717, 1.165) is 5.56 Å². The molecular weight excluding hydrogens is 302 g/mol. The minimum Gasteiger partial charge on any atom is -0.331 e. The van der Waals surface area contributed by atoms with E-state index in [1.807, 2.05) is 0 Å². The molecule has 0 fully saturated rings. The third-order valence-corrected chi connectivity index (χ3v) is 3.08. The van der Waals surface area contributed by atoms with Crippen molar-refractivity contribution in [1.29, 1.82) is 0 Å². The molecule has 0 bridgehead atoms. The summed E-state index contributed by atoms with van der Waals surface area (Å²) in [6.45, 7) is 1.79. The van der Waals surface area contributed by atoms with E-state index in [1.165, 1.54) is 24.3 Å². The van der Waals surface area contributed by atoms with Gasteiger partial charge in [-0.3, -0.25) is 0 Å². The molecule has 0 aromatic heterocycles. The van der Waals surface area contributed by atoms with Crippen molar-refractivity contribution in [3.63, 3.8) is 0 Å². The fourth-order valence-corrected chi connectivity index (χ4v) is 1.98. The highest BCUT2D eigenvalue weighted by Gasteiger charge is 2.07. The van der Waals surface area contributed by atoms with Gasteiger partial charge in [-0.2, -0.15) is 0 Å². The van der Waals surface area contributed by atoms with Gasteiger partial charge in [0.2, 0.25) is 0 Å². The molecule has 0 unspecified atom stereocenters. The SMILES string of the molecule is Cc1ccc(NC(=S)Nc2cc(F)ccc2Cl)c(F)c1. The molecule has 2 aromatic carbocycles. The Bertz CT molecular complexity index is 662. The van der Waals surface area contributed by atoms with Crippen LogP contribution in [0.25, 0.3) is 0 Å². The van der Waals surface area contributed by atoms with Crippen molar-refractivity contribution in [3.05, 3.63) is 58.6 Å². The Balaban J connectivity index is 2.11. The van der Waals surface area contributed by atoms with Crippen molar-refractivity contribution in [2.45, 2.75) is 6.92 Å². The lowest BCUT2D eigenvalue weighted by molar-refractivity contribution is 0.628. The van der Waals surface area contributed by atoms with Crippen LogP contribution in [0.15, 0.2) is 36.4 Å². The number of thiocarbonyl (C=S) groups is 1. The quantitative estimate of drug-likeness (QED) is 0.784. The second-order valence-corrected chi connectivity index (χ2v) is 5.00. The number of aryl methyl sites for hydroxylation is 1. The molecule has 0 radical (unpaired) electrons. The van der Waals surface area contributed by atoms with Crippen molar-refractivity contribution < 1.29 is 8.78 Å². The van der Waals surface area contributed by atoms with E-state index in [1.54, 1.807) is 19.1 Å². The molecule has 2 aromatic rings. The monoisotopic (exact) mass is 312 g/mol. The number of nitrogens with one attached hydrogen (secondary N) is 2. The molecule has 0 amide bonds. The van der Waals surface area contributed by atoms with Crippen molar-refractivity contribution >= 4 is 40.3 Å². The van der Waals surface area contributed by atoms with Crippen molar-refractivity contribution in [1.82, 2.24) is 0 Å². The van der Waals surface area contributed by atoms with Crippen LogP contribution in [0.5, 0.6) is 0 Å². The van der Waals surface area contributed by atoms with Crippen LogP contribution in [0.1, 0.15) is 5.56 Å². The second kappa shape index (κ2) is 6.15. The van der Waals surface area contributed by atoms with E-state index in [-0.39, 0.29) is 10.8 Å². The van der Waals surface area contributed by atoms with Gasteiger partial charge in [-0.05, 0) is 55.0 Å². The fourth-order valence-electron chi connectivity index (χ4n) is 1.59. The zero-order valence-electron chi connectivity index (χ0n) is 10.5. The number of rotatable bonds is 2. The Labute approximate surface area is 125 Å². The van der Waals surface area contributed by atoms with E-state index < -0.39 is 11.6 Å². The van der Waals surface area contributed by atoms with Crippen LogP contribution in [0, 0.1) is 18.6 Å². The highest BCUT2D eigenvalue weighted by molar-refractivity contribution is 7.80. The first kappa shape index (κ1) is 14.7. The minimum atomic E-state index is -0.443. The van der Waals surface area contributed by atoms with Crippen molar-refractivity contribution in [2.75, 3.05) is 10.6 Å². The van der Waals surface area contributed by atoms with Gasteiger partial charge in [0.05, 0.1) is 16.4 Å². The van der Waals surface area contributed by atoms with Crippen LogP contribution < -0.4 is 10.6 Å². The largest absolute Gasteiger partial charge is 0.331 e. The van der Waals surface area contributed by atoms with Gasteiger partial charge < -0.3 is 10.6 Å². The lowest BCUT2D eigenvalue weighted by atomic mass is 10.2. The highest BCUT2D eigenvalue weighted by Crippen LogP contribution is 2.23. The summed E-state index contributed by atoms with van der Waals surface area (Å²) in [4.78, 5) is 0. The lowest BCUT2D eigenvalue weighted by Gasteiger charge is -2.12. The summed E-state index contributed by atoms with van der Waals surface area (Å²) in [5.74, 6) is -0.860. The molecule has 0 saturated carbocycles. The summed E-state index contributed by atoms with van der Waals surface area (Å²) in [6, 6.07) is 8.58. The molecule has 6 heteroatoms. The summed E-state index contributed by atoms with van der Waals surface area (Å²) in [7, 11) is 0. The topological polar surface area (TPSA) is 24.1 Å². The van der Waals surface area contributed by atoms with Crippen LogP contribution in [0.4, 0.5) is 20.2 Å². The molecule has 2 nitrogen and oxygen atoms in total. The predicted octanol–water partition coefficient (Wildman–Crippen LogP) is 4.74. The van der Waals surface area contributed by atoms with Crippen LogP contribution in [-0.4, -0.2) is 5.11 Å².